The molecule has 0 radical (unpaired) electrons. The van der Waals surface area contributed by atoms with Gasteiger partial charge in [-0.3, -0.25) is 0 Å². The number of carbonyl (C=O) groups excluding carboxylic acids is 1. The normalized spacial score (nSPS) is 14.0. The number of nitrogens with zero attached hydrogens (tertiary/aromatic N) is 1. The highest BCUT2D eigenvalue weighted by molar-refractivity contribution is 5.77. The SMILES string of the molecule is CCC(C)N(CC)C(=O)NC[C@H](O)C(=O)O. The third-order valence-electron chi connectivity index (χ3n) is 2.46. The summed E-state index contributed by atoms with van der Waals surface area (Å²) in [5.41, 5.74) is 0. The third-order valence-corrected chi connectivity index (χ3v) is 2.46. The summed E-state index contributed by atoms with van der Waals surface area (Å²) in [4.78, 5) is 23.5. The van der Waals surface area contributed by atoms with Gasteiger partial charge in [-0.15, -0.1) is 0 Å². The molecule has 0 aromatic heterocycles. The van der Waals surface area contributed by atoms with Gasteiger partial charge in [0.15, 0.2) is 6.10 Å². The Balaban J connectivity index is 4.17. The van der Waals surface area contributed by atoms with Gasteiger partial charge in [0, 0.05) is 12.6 Å². The molecule has 0 saturated carbocycles. The van der Waals surface area contributed by atoms with Gasteiger partial charge in [0.2, 0.25) is 0 Å². The highest BCUT2D eigenvalue weighted by Crippen LogP contribution is 2.02. The molecule has 16 heavy (non-hydrogen) atoms. The summed E-state index contributed by atoms with van der Waals surface area (Å²) >= 11 is 0. The van der Waals surface area contributed by atoms with Crippen molar-refractivity contribution in [2.45, 2.75) is 39.3 Å². The van der Waals surface area contributed by atoms with Crippen LogP contribution in [0.15, 0.2) is 0 Å². The summed E-state index contributed by atoms with van der Waals surface area (Å²) in [6.07, 6.45) is -0.734. The molecule has 0 heterocycles. The van der Waals surface area contributed by atoms with E-state index in [0.29, 0.717) is 6.54 Å². The zero-order valence-corrected chi connectivity index (χ0v) is 9.93. The second-order valence-electron chi connectivity index (χ2n) is 3.58. The standard InChI is InChI=1S/C10H20N2O4/c1-4-7(3)12(5-2)10(16)11-6-8(13)9(14)15/h7-8,13H,4-6H2,1-3H3,(H,11,16)(H,14,15)/t7?,8-/m0/s1. The predicted octanol–water partition coefficient (Wildman–Crippen LogP) is 0.262. The second kappa shape index (κ2) is 7.05. The Morgan fingerprint density at radius 3 is 2.31 bits per heavy atom. The van der Waals surface area contributed by atoms with Gasteiger partial charge >= 0.3 is 12.0 Å². The molecule has 0 aliphatic heterocycles. The Bertz CT molecular complexity index is 245. The minimum atomic E-state index is -1.56. The molecule has 0 aliphatic rings. The Hall–Kier alpha value is -1.30. The number of carboxylic acid groups (broad SMARTS) is 1. The van der Waals surface area contributed by atoms with Gasteiger partial charge < -0.3 is 20.4 Å². The van der Waals surface area contributed by atoms with Crippen LogP contribution in [0.2, 0.25) is 0 Å². The first-order chi connectivity index (χ1) is 7.43. The van der Waals surface area contributed by atoms with Crippen molar-refractivity contribution in [3.63, 3.8) is 0 Å². The van der Waals surface area contributed by atoms with E-state index in [1.807, 2.05) is 20.8 Å². The lowest BCUT2D eigenvalue weighted by Crippen LogP contribution is -2.47. The minimum Gasteiger partial charge on any atom is -0.479 e. The van der Waals surface area contributed by atoms with Crippen LogP contribution >= 0.6 is 0 Å². The summed E-state index contributed by atoms with van der Waals surface area (Å²) in [7, 11) is 0. The molecular weight excluding hydrogens is 212 g/mol. The monoisotopic (exact) mass is 232 g/mol. The molecule has 2 atom stereocenters. The van der Waals surface area contributed by atoms with Crippen molar-refractivity contribution in [2.24, 2.45) is 0 Å². The van der Waals surface area contributed by atoms with Crippen LogP contribution in [0, 0.1) is 0 Å². The van der Waals surface area contributed by atoms with Crippen molar-refractivity contribution in [2.75, 3.05) is 13.1 Å². The molecule has 94 valence electrons. The van der Waals surface area contributed by atoms with Crippen molar-refractivity contribution < 1.29 is 19.8 Å². The number of amides is 2. The molecular formula is C10H20N2O4. The van der Waals surface area contributed by atoms with Crippen LogP contribution < -0.4 is 5.32 Å². The Kier molecular flexibility index (Phi) is 6.48. The van der Waals surface area contributed by atoms with E-state index in [9.17, 15) is 9.59 Å². The average Bonchev–Trinajstić information content (AvgIpc) is 2.26. The zero-order valence-electron chi connectivity index (χ0n) is 9.93. The van der Waals surface area contributed by atoms with Crippen molar-refractivity contribution in [1.82, 2.24) is 10.2 Å². The number of urea groups is 1. The molecule has 6 heteroatoms. The lowest BCUT2D eigenvalue weighted by molar-refractivity contribution is -0.146. The van der Waals surface area contributed by atoms with E-state index in [2.05, 4.69) is 5.32 Å². The van der Waals surface area contributed by atoms with Gasteiger partial charge in [-0.1, -0.05) is 6.92 Å². The molecule has 1 unspecified atom stereocenters. The van der Waals surface area contributed by atoms with Gasteiger partial charge in [-0.25, -0.2) is 9.59 Å². The van der Waals surface area contributed by atoms with E-state index < -0.39 is 12.1 Å². The number of aliphatic hydroxyl groups is 1. The first kappa shape index (κ1) is 14.7. The van der Waals surface area contributed by atoms with E-state index in [-0.39, 0.29) is 18.6 Å². The molecule has 0 bridgehead atoms. The fourth-order valence-electron chi connectivity index (χ4n) is 1.25. The molecule has 0 aliphatic carbocycles. The Morgan fingerprint density at radius 1 is 1.38 bits per heavy atom. The third kappa shape index (κ3) is 4.48. The predicted molar refractivity (Wildman–Crippen MR) is 59.2 cm³/mol. The van der Waals surface area contributed by atoms with Crippen molar-refractivity contribution in [3.05, 3.63) is 0 Å². The van der Waals surface area contributed by atoms with Crippen LogP contribution in [0.25, 0.3) is 0 Å². The van der Waals surface area contributed by atoms with E-state index in [0.717, 1.165) is 6.42 Å². The summed E-state index contributed by atoms with van der Waals surface area (Å²) in [5, 5.41) is 19.8. The maximum Gasteiger partial charge on any atom is 0.334 e. The molecule has 0 saturated heterocycles. The largest absolute Gasteiger partial charge is 0.479 e. The van der Waals surface area contributed by atoms with Gasteiger partial charge in [0.05, 0.1) is 6.54 Å². The fraction of sp³-hybridized carbons (Fsp3) is 0.800. The lowest BCUT2D eigenvalue weighted by Gasteiger charge is -2.27. The number of carboxylic acids is 1. The average molecular weight is 232 g/mol. The van der Waals surface area contributed by atoms with E-state index in [1.54, 1.807) is 4.90 Å². The van der Waals surface area contributed by atoms with Gasteiger partial charge in [-0.2, -0.15) is 0 Å². The van der Waals surface area contributed by atoms with Gasteiger partial charge in [0.25, 0.3) is 0 Å². The molecule has 6 nitrogen and oxygen atoms in total. The van der Waals surface area contributed by atoms with Crippen LogP contribution in [0.1, 0.15) is 27.2 Å². The lowest BCUT2D eigenvalue weighted by atomic mass is 10.2. The summed E-state index contributed by atoms with van der Waals surface area (Å²) in [6.45, 7) is 5.99. The highest BCUT2D eigenvalue weighted by atomic mass is 16.4. The van der Waals surface area contributed by atoms with Crippen LogP contribution in [0.3, 0.4) is 0 Å². The van der Waals surface area contributed by atoms with Gasteiger partial charge in [0.1, 0.15) is 0 Å². The summed E-state index contributed by atoms with van der Waals surface area (Å²) in [6, 6.07) is -0.260. The number of aliphatic hydroxyl groups excluding tert-OH is 1. The quantitative estimate of drug-likeness (QED) is 0.613. The smallest absolute Gasteiger partial charge is 0.334 e. The minimum absolute atomic E-state index is 0.0898. The molecule has 3 N–H and O–H groups in total. The number of hydrogen-bond donors (Lipinski definition) is 3. The zero-order chi connectivity index (χ0) is 12.7. The summed E-state index contributed by atoms with van der Waals surface area (Å²) < 4.78 is 0. The molecule has 0 spiro atoms. The Morgan fingerprint density at radius 2 is 1.94 bits per heavy atom. The first-order valence-corrected chi connectivity index (χ1v) is 5.39. The van der Waals surface area contributed by atoms with E-state index >= 15 is 0 Å². The second-order valence-corrected chi connectivity index (χ2v) is 3.58. The topological polar surface area (TPSA) is 89.9 Å². The van der Waals surface area contributed by atoms with E-state index in [1.165, 1.54) is 0 Å². The molecule has 0 aromatic rings. The van der Waals surface area contributed by atoms with Crippen LogP contribution in [0.5, 0.6) is 0 Å². The van der Waals surface area contributed by atoms with Crippen molar-refractivity contribution >= 4 is 12.0 Å². The number of hydrogen-bond acceptors (Lipinski definition) is 3. The van der Waals surface area contributed by atoms with Crippen LogP contribution in [-0.2, 0) is 4.79 Å². The fourth-order valence-corrected chi connectivity index (χ4v) is 1.25. The van der Waals surface area contributed by atoms with E-state index in [4.69, 9.17) is 10.2 Å². The number of rotatable bonds is 6. The first-order valence-electron chi connectivity index (χ1n) is 5.39. The maximum atomic E-state index is 11.6. The number of aliphatic carboxylic acids is 1. The molecule has 0 rings (SSSR count). The van der Waals surface area contributed by atoms with Crippen LogP contribution in [-0.4, -0.2) is 52.3 Å². The number of carbonyl (C=O) groups is 2. The van der Waals surface area contributed by atoms with Crippen molar-refractivity contribution in [1.29, 1.82) is 0 Å². The Labute approximate surface area is 95.2 Å². The van der Waals surface area contributed by atoms with Crippen LogP contribution in [0.4, 0.5) is 4.79 Å². The molecule has 0 aromatic carbocycles. The molecule has 0 fully saturated rings. The molecule has 2 amide bonds. The maximum absolute atomic E-state index is 11.6. The van der Waals surface area contributed by atoms with Gasteiger partial charge in [-0.05, 0) is 20.3 Å². The summed E-state index contributed by atoms with van der Waals surface area (Å²) in [5.74, 6) is -1.34. The highest BCUT2D eigenvalue weighted by Gasteiger charge is 2.19. The number of nitrogens with one attached hydrogen (secondary N) is 1. The van der Waals surface area contributed by atoms with Crippen molar-refractivity contribution in [3.8, 4) is 0 Å².